The van der Waals surface area contributed by atoms with Gasteiger partial charge in [0.1, 0.15) is 11.4 Å². The molecule has 0 fully saturated rings. The first kappa shape index (κ1) is 15.6. The Kier molecular flexibility index (Phi) is 4.69. The number of aromatic nitrogens is 2. The van der Waals surface area contributed by atoms with Crippen molar-refractivity contribution in [3.8, 4) is 11.5 Å². The summed E-state index contributed by atoms with van der Waals surface area (Å²) in [6.07, 6.45) is 0.913. The van der Waals surface area contributed by atoms with Crippen molar-refractivity contribution >= 4 is 0 Å². The van der Waals surface area contributed by atoms with Crippen molar-refractivity contribution in [2.24, 2.45) is 5.73 Å². The van der Waals surface area contributed by atoms with Crippen LogP contribution >= 0.6 is 0 Å². The van der Waals surface area contributed by atoms with Gasteiger partial charge in [0.25, 0.3) is 5.89 Å². The van der Waals surface area contributed by atoms with Gasteiger partial charge < -0.3 is 15.0 Å². The van der Waals surface area contributed by atoms with Crippen LogP contribution in [0.15, 0.2) is 22.7 Å². The molecule has 6 heteroatoms. The van der Waals surface area contributed by atoms with Crippen molar-refractivity contribution in [1.82, 2.24) is 10.1 Å². The molecule has 1 aromatic carbocycles. The van der Waals surface area contributed by atoms with Gasteiger partial charge in [-0.05, 0) is 38.0 Å². The zero-order valence-electron chi connectivity index (χ0n) is 12.5. The van der Waals surface area contributed by atoms with E-state index in [-0.39, 0.29) is 11.7 Å². The Balaban J connectivity index is 2.23. The minimum absolute atomic E-state index is 0.258. The van der Waals surface area contributed by atoms with E-state index in [4.69, 9.17) is 15.0 Å². The van der Waals surface area contributed by atoms with Gasteiger partial charge in [-0.1, -0.05) is 18.1 Å². The highest BCUT2D eigenvalue weighted by Crippen LogP contribution is 2.25. The summed E-state index contributed by atoms with van der Waals surface area (Å²) >= 11 is 0. The summed E-state index contributed by atoms with van der Waals surface area (Å²) in [6, 6.07) is 4.43. The third-order valence-corrected chi connectivity index (χ3v) is 3.12. The summed E-state index contributed by atoms with van der Waals surface area (Å²) in [6.45, 7) is 6.57. The zero-order chi connectivity index (χ0) is 15.5. The monoisotopic (exact) mass is 293 g/mol. The van der Waals surface area contributed by atoms with Crippen LogP contribution in [0.2, 0.25) is 0 Å². The quantitative estimate of drug-likeness (QED) is 0.829. The van der Waals surface area contributed by atoms with E-state index in [2.05, 4.69) is 10.1 Å². The van der Waals surface area contributed by atoms with E-state index in [1.54, 1.807) is 13.0 Å². The smallest absolute Gasteiger partial charge is 0.258 e. The van der Waals surface area contributed by atoms with Crippen molar-refractivity contribution in [1.29, 1.82) is 0 Å². The van der Waals surface area contributed by atoms with Crippen molar-refractivity contribution in [3.05, 3.63) is 35.4 Å². The summed E-state index contributed by atoms with van der Waals surface area (Å²) < 4.78 is 24.0. The maximum Gasteiger partial charge on any atom is 0.258 e. The fourth-order valence-corrected chi connectivity index (χ4v) is 1.88. The van der Waals surface area contributed by atoms with Gasteiger partial charge in [-0.15, -0.1) is 0 Å². The maximum absolute atomic E-state index is 13.3. The molecule has 0 saturated heterocycles. The van der Waals surface area contributed by atoms with Crippen molar-refractivity contribution in [2.75, 3.05) is 13.2 Å². The SMILES string of the molecule is CCCOCC(C)(N)c1noc(-c2cc(F)ccc2C)n1. The lowest BCUT2D eigenvalue weighted by Gasteiger charge is -2.19. The number of halogens is 1. The molecule has 0 saturated carbocycles. The Morgan fingerprint density at radius 2 is 2.19 bits per heavy atom. The highest BCUT2D eigenvalue weighted by molar-refractivity contribution is 5.58. The Morgan fingerprint density at radius 3 is 2.90 bits per heavy atom. The minimum atomic E-state index is -0.849. The van der Waals surface area contributed by atoms with Crippen LogP contribution in [0.5, 0.6) is 0 Å². The molecule has 0 bridgehead atoms. The molecule has 21 heavy (non-hydrogen) atoms. The van der Waals surface area contributed by atoms with Gasteiger partial charge in [0.05, 0.1) is 6.61 Å². The lowest BCUT2D eigenvalue weighted by atomic mass is 10.0. The van der Waals surface area contributed by atoms with Crippen LogP contribution in [-0.2, 0) is 10.3 Å². The minimum Gasteiger partial charge on any atom is -0.379 e. The molecule has 1 heterocycles. The molecule has 0 radical (unpaired) electrons. The van der Waals surface area contributed by atoms with Crippen molar-refractivity contribution in [3.63, 3.8) is 0 Å². The van der Waals surface area contributed by atoms with E-state index in [0.717, 1.165) is 12.0 Å². The molecule has 0 spiro atoms. The van der Waals surface area contributed by atoms with Gasteiger partial charge in [-0.2, -0.15) is 4.98 Å². The van der Waals surface area contributed by atoms with Gasteiger partial charge in [0.15, 0.2) is 5.82 Å². The molecule has 0 aliphatic heterocycles. The van der Waals surface area contributed by atoms with E-state index >= 15 is 0 Å². The predicted octanol–water partition coefficient (Wildman–Crippen LogP) is 2.78. The van der Waals surface area contributed by atoms with Crippen LogP contribution in [0, 0.1) is 12.7 Å². The summed E-state index contributed by atoms with van der Waals surface area (Å²) in [5, 5.41) is 3.90. The second-order valence-corrected chi connectivity index (χ2v) is 5.35. The van der Waals surface area contributed by atoms with E-state index in [1.165, 1.54) is 12.1 Å². The molecular formula is C15H20FN3O2. The molecule has 2 rings (SSSR count). The summed E-state index contributed by atoms with van der Waals surface area (Å²) in [5.41, 5.74) is 6.73. The van der Waals surface area contributed by atoms with Crippen LogP contribution in [0.1, 0.15) is 31.7 Å². The lowest BCUT2D eigenvalue weighted by molar-refractivity contribution is 0.0867. The Bertz CT molecular complexity index is 611. The summed E-state index contributed by atoms with van der Waals surface area (Å²) in [7, 11) is 0. The van der Waals surface area contributed by atoms with Crippen LogP contribution in [0.25, 0.3) is 11.5 Å². The standard InChI is InChI=1S/C15H20FN3O2/c1-4-7-20-9-15(3,17)14-18-13(21-19-14)12-8-11(16)6-5-10(12)2/h5-6,8H,4,7,9,17H2,1-3H3. The molecule has 0 amide bonds. The van der Waals surface area contributed by atoms with Crippen LogP contribution < -0.4 is 5.73 Å². The number of nitrogens with zero attached hydrogens (tertiary/aromatic N) is 2. The molecule has 1 aromatic heterocycles. The van der Waals surface area contributed by atoms with Crippen LogP contribution in [-0.4, -0.2) is 23.4 Å². The van der Waals surface area contributed by atoms with E-state index in [0.29, 0.717) is 24.6 Å². The topological polar surface area (TPSA) is 74.2 Å². The third kappa shape index (κ3) is 3.65. The van der Waals surface area contributed by atoms with Gasteiger partial charge in [-0.25, -0.2) is 4.39 Å². The van der Waals surface area contributed by atoms with Crippen LogP contribution in [0.3, 0.4) is 0 Å². The predicted molar refractivity (Wildman–Crippen MR) is 77.1 cm³/mol. The third-order valence-electron chi connectivity index (χ3n) is 3.12. The molecule has 5 nitrogen and oxygen atoms in total. The molecule has 2 aromatic rings. The average Bonchev–Trinajstić information content (AvgIpc) is 2.92. The second kappa shape index (κ2) is 6.32. The van der Waals surface area contributed by atoms with Gasteiger partial charge in [0.2, 0.25) is 0 Å². The number of aryl methyl sites for hydroxylation is 1. The number of ether oxygens (including phenoxy) is 1. The number of rotatable bonds is 6. The Morgan fingerprint density at radius 1 is 1.43 bits per heavy atom. The van der Waals surface area contributed by atoms with Crippen molar-refractivity contribution < 1.29 is 13.7 Å². The number of hydrogen-bond acceptors (Lipinski definition) is 5. The molecule has 114 valence electrons. The van der Waals surface area contributed by atoms with Gasteiger partial charge in [0, 0.05) is 12.2 Å². The number of hydrogen-bond donors (Lipinski definition) is 1. The second-order valence-electron chi connectivity index (χ2n) is 5.35. The number of benzene rings is 1. The highest BCUT2D eigenvalue weighted by Gasteiger charge is 2.28. The van der Waals surface area contributed by atoms with E-state index in [9.17, 15) is 4.39 Å². The molecule has 1 atom stereocenters. The highest BCUT2D eigenvalue weighted by atomic mass is 19.1. The fourth-order valence-electron chi connectivity index (χ4n) is 1.88. The number of nitrogens with two attached hydrogens (primary N) is 1. The molecule has 0 aliphatic rings. The first-order valence-electron chi connectivity index (χ1n) is 6.91. The lowest BCUT2D eigenvalue weighted by Crippen LogP contribution is -2.39. The van der Waals surface area contributed by atoms with Gasteiger partial charge in [-0.3, -0.25) is 0 Å². The maximum atomic E-state index is 13.3. The molecular weight excluding hydrogens is 273 g/mol. The first-order chi connectivity index (χ1) is 9.94. The Hall–Kier alpha value is -1.79. The zero-order valence-corrected chi connectivity index (χ0v) is 12.5. The molecule has 0 aliphatic carbocycles. The summed E-state index contributed by atoms with van der Waals surface area (Å²) in [5.74, 6) is 0.253. The van der Waals surface area contributed by atoms with Gasteiger partial charge >= 0.3 is 0 Å². The van der Waals surface area contributed by atoms with Crippen molar-refractivity contribution in [2.45, 2.75) is 32.7 Å². The van der Waals surface area contributed by atoms with E-state index in [1.807, 2.05) is 13.8 Å². The largest absolute Gasteiger partial charge is 0.379 e. The fraction of sp³-hybridized carbons (Fsp3) is 0.467. The van der Waals surface area contributed by atoms with E-state index < -0.39 is 5.54 Å². The average molecular weight is 293 g/mol. The first-order valence-corrected chi connectivity index (χ1v) is 6.91. The Labute approximate surface area is 123 Å². The van der Waals surface area contributed by atoms with Crippen LogP contribution in [0.4, 0.5) is 4.39 Å². The normalized spacial score (nSPS) is 14.1. The molecule has 1 unspecified atom stereocenters. The molecule has 2 N–H and O–H groups in total. The summed E-state index contributed by atoms with van der Waals surface area (Å²) in [4.78, 5) is 4.28.